The summed E-state index contributed by atoms with van der Waals surface area (Å²) in [6.45, 7) is 5.17. The number of Topliss-reactive ketones (excluding diaryl/α,β-unsaturated/α-hetero) is 1. The standard InChI is InChI=1S/C29H29NO5/c1-3-17-34-23-15-13-21(14-16-23)27(31)25-26(20-9-6-5-7-10-20)30(29(33)28(25)32)22-11-8-12-24(19-22)35-18-4-2/h5-16,19,26,31H,3-4,17-18H2,1-2H3/b27-25+. The van der Waals surface area contributed by atoms with Crippen LogP contribution in [-0.4, -0.2) is 30.0 Å². The van der Waals surface area contributed by atoms with Crippen molar-refractivity contribution in [3.63, 3.8) is 0 Å². The molecule has 1 fully saturated rings. The molecule has 1 atom stereocenters. The van der Waals surface area contributed by atoms with Gasteiger partial charge in [0, 0.05) is 17.3 Å². The Morgan fingerprint density at radius 3 is 2.14 bits per heavy atom. The molecule has 3 aromatic rings. The molecule has 0 aliphatic carbocycles. The lowest BCUT2D eigenvalue weighted by Gasteiger charge is -2.25. The fourth-order valence-electron chi connectivity index (χ4n) is 4.08. The molecular weight excluding hydrogens is 442 g/mol. The minimum atomic E-state index is -0.784. The first-order valence-electron chi connectivity index (χ1n) is 11.9. The van der Waals surface area contributed by atoms with Crippen LogP contribution in [0.25, 0.3) is 5.76 Å². The van der Waals surface area contributed by atoms with Crippen molar-refractivity contribution >= 4 is 23.1 Å². The molecule has 1 amide bonds. The van der Waals surface area contributed by atoms with E-state index in [2.05, 4.69) is 0 Å². The number of nitrogens with zero attached hydrogens (tertiary/aromatic N) is 1. The Morgan fingerprint density at radius 1 is 0.829 bits per heavy atom. The van der Waals surface area contributed by atoms with Crippen molar-refractivity contribution in [2.24, 2.45) is 0 Å². The number of ketones is 1. The zero-order valence-corrected chi connectivity index (χ0v) is 19.9. The number of ether oxygens (including phenoxy) is 2. The molecule has 1 saturated heterocycles. The van der Waals surface area contributed by atoms with Crippen LogP contribution in [0.3, 0.4) is 0 Å². The summed E-state index contributed by atoms with van der Waals surface area (Å²) < 4.78 is 11.4. The van der Waals surface area contributed by atoms with E-state index in [0.29, 0.717) is 36.0 Å². The van der Waals surface area contributed by atoms with Gasteiger partial charge in [0.1, 0.15) is 17.3 Å². The number of benzene rings is 3. The quantitative estimate of drug-likeness (QED) is 0.239. The molecule has 0 saturated carbocycles. The Balaban J connectivity index is 1.80. The molecule has 1 unspecified atom stereocenters. The second-order valence-corrected chi connectivity index (χ2v) is 8.30. The highest BCUT2D eigenvalue weighted by Gasteiger charge is 2.47. The van der Waals surface area contributed by atoms with Gasteiger partial charge >= 0.3 is 0 Å². The highest BCUT2D eigenvalue weighted by atomic mass is 16.5. The molecule has 0 spiro atoms. The van der Waals surface area contributed by atoms with Crippen molar-refractivity contribution in [1.82, 2.24) is 0 Å². The fraction of sp³-hybridized carbons (Fsp3) is 0.241. The predicted molar refractivity (Wildman–Crippen MR) is 136 cm³/mol. The van der Waals surface area contributed by atoms with Gasteiger partial charge in [0.25, 0.3) is 11.7 Å². The number of aliphatic hydroxyl groups is 1. The molecule has 0 aromatic heterocycles. The van der Waals surface area contributed by atoms with Crippen molar-refractivity contribution in [3.8, 4) is 11.5 Å². The third kappa shape index (κ3) is 5.06. The maximum atomic E-state index is 13.3. The van der Waals surface area contributed by atoms with Gasteiger partial charge in [-0.2, -0.15) is 0 Å². The normalized spacial score (nSPS) is 17.0. The van der Waals surface area contributed by atoms with Gasteiger partial charge in [-0.1, -0.05) is 50.2 Å². The first kappa shape index (κ1) is 24.1. The summed E-state index contributed by atoms with van der Waals surface area (Å²) >= 11 is 0. The second kappa shape index (κ2) is 10.9. The summed E-state index contributed by atoms with van der Waals surface area (Å²) in [7, 11) is 0. The third-order valence-corrected chi connectivity index (χ3v) is 5.73. The highest BCUT2D eigenvalue weighted by molar-refractivity contribution is 6.51. The number of anilines is 1. The lowest BCUT2D eigenvalue weighted by Crippen LogP contribution is -2.29. The van der Waals surface area contributed by atoms with Crippen molar-refractivity contribution in [2.45, 2.75) is 32.7 Å². The van der Waals surface area contributed by atoms with Crippen LogP contribution in [0.2, 0.25) is 0 Å². The molecule has 35 heavy (non-hydrogen) atoms. The highest BCUT2D eigenvalue weighted by Crippen LogP contribution is 2.42. The van der Waals surface area contributed by atoms with Crippen molar-refractivity contribution in [3.05, 3.63) is 95.6 Å². The van der Waals surface area contributed by atoms with Crippen LogP contribution >= 0.6 is 0 Å². The molecule has 4 rings (SSSR count). The first-order chi connectivity index (χ1) is 17.0. The monoisotopic (exact) mass is 471 g/mol. The van der Waals surface area contributed by atoms with Crippen LogP contribution in [0.4, 0.5) is 5.69 Å². The van der Waals surface area contributed by atoms with Gasteiger partial charge in [-0.25, -0.2) is 0 Å². The maximum Gasteiger partial charge on any atom is 0.300 e. The number of hydrogen-bond donors (Lipinski definition) is 1. The smallest absolute Gasteiger partial charge is 0.300 e. The number of carbonyl (C=O) groups excluding carboxylic acids is 2. The lowest BCUT2D eigenvalue weighted by molar-refractivity contribution is -0.132. The summed E-state index contributed by atoms with van der Waals surface area (Å²) in [5.41, 5.74) is 1.73. The zero-order chi connectivity index (χ0) is 24.8. The van der Waals surface area contributed by atoms with Crippen molar-refractivity contribution < 1.29 is 24.2 Å². The van der Waals surface area contributed by atoms with Gasteiger partial charge in [0.05, 0.1) is 24.8 Å². The predicted octanol–water partition coefficient (Wildman–Crippen LogP) is 5.89. The lowest BCUT2D eigenvalue weighted by atomic mass is 9.95. The van der Waals surface area contributed by atoms with Crippen LogP contribution < -0.4 is 14.4 Å². The Hall–Kier alpha value is -4.06. The van der Waals surface area contributed by atoms with E-state index in [1.807, 2.05) is 50.2 Å². The molecule has 6 nitrogen and oxygen atoms in total. The van der Waals surface area contributed by atoms with E-state index < -0.39 is 17.7 Å². The van der Waals surface area contributed by atoms with Crippen LogP contribution in [0, 0.1) is 0 Å². The molecule has 1 heterocycles. The van der Waals surface area contributed by atoms with Crippen LogP contribution in [0.1, 0.15) is 43.9 Å². The van der Waals surface area contributed by atoms with Gasteiger partial charge in [-0.3, -0.25) is 14.5 Å². The Morgan fingerprint density at radius 2 is 1.49 bits per heavy atom. The van der Waals surface area contributed by atoms with E-state index in [-0.39, 0.29) is 11.3 Å². The number of rotatable bonds is 9. The van der Waals surface area contributed by atoms with Crippen molar-refractivity contribution in [2.75, 3.05) is 18.1 Å². The number of aliphatic hydroxyl groups excluding tert-OH is 1. The van der Waals surface area contributed by atoms with Crippen molar-refractivity contribution in [1.29, 1.82) is 0 Å². The minimum absolute atomic E-state index is 0.0447. The van der Waals surface area contributed by atoms with E-state index in [4.69, 9.17) is 9.47 Å². The average Bonchev–Trinajstić information content (AvgIpc) is 3.17. The van der Waals surface area contributed by atoms with E-state index >= 15 is 0 Å². The second-order valence-electron chi connectivity index (χ2n) is 8.30. The summed E-state index contributed by atoms with van der Waals surface area (Å²) in [5, 5.41) is 11.3. The third-order valence-electron chi connectivity index (χ3n) is 5.73. The van der Waals surface area contributed by atoms with Gasteiger partial charge < -0.3 is 14.6 Å². The number of amides is 1. The zero-order valence-electron chi connectivity index (χ0n) is 19.9. The summed E-state index contributed by atoms with van der Waals surface area (Å²) in [6, 6.07) is 22.4. The molecule has 0 bridgehead atoms. The summed E-state index contributed by atoms with van der Waals surface area (Å²) in [4.78, 5) is 28.0. The molecule has 1 aliphatic heterocycles. The molecule has 1 N–H and O–H groups in total. The largest absolute Gasteiger partial charge is 0.507 e. The molecule has 3 aromatic carbocycles. The molecule has 0 radical (unpaired) electrons. The van der Waals surface area contributed by atoms with Crippen LogP contribution in [-0.2, 0) is 9.59 Å². The summed E-state index contributed by atoms with van der Waals surface area (Å²) in [6.07, 6.45) is 1.73. The first-order valence-corrected chi connectivity index (χ1v) is 11.9. The number of hydrogen-bond acceptors (Lipinski definition) is 5. The maximum absolute atomic E-state index is 13.3. The van der Waals surface area contributed by atoms with Gasteiger partial charge in [-0.05, 0) is 54.8 Å². The van der Waals surface area contributed by atoms with Gasteiger partial charge in [0.15, 0.2) is 0 Å². The Bertz CT molecular complexity index is 1220. The number of carbonyl (C=O) groups is 2. The van der Waals surface area contributed by atoms with Gasteiger partial charge in [0.2, 0.25) is 0 Å². The van der Waals surface area contributed by atoms with Crippen LogP contribution in [0.5, 0.6) is 11.5 Å². The topological polar surface area (TPSA) is 76.1 Å². The molecule has 1 aliphatic rings. The fourth-order valence-corrected chi connectivity index (χ4v) is 4.08. The minimum Gasteiger partial charge on any atom is -0.507 e. The van der Waals surface area contributed by atoms with E-state index in [1.165, 1.54) is 4.90 Å². The SMILES string of the molecule is CCCOc1ccc(/C(O)=C2\C(=O)C(=O)N(c3cccc(OCCC)c3)C2c2ccccc2)cc1. The Kier molecular flexibility index (Phi) is 7.51. The average molecular weight is 472 g/mol. The van der Waals surface area contributed by atoms with Gasteiger partial charge in [-0.15, -0.1) is 0 Å². The summed E-state index contributed by atoms with van der Waals surface area (Å²) in [5.74, 6) is -0.369. The van der Waals surface area contributed by atoms with E-state index in [0.717, 1.165) is 18.4 Å². The Labute approximate surface area is 205 Å². The molecular formula is C29H29NO5. The van der Waals surface area contributed by atoms with Crippen LogP contribution in [0.15, 0.2) is 84.4 Å². The molecule has 180 valence electrons. The van der Waals surface area contributed by atoms with E-state index in [9.17, 15) is 14.7 Å². The van der Waals surface area contributed by atoms with E-state index in [1.54, 1.807) is 42.5 Å². The molecule has 6 heteroatoms.